The Hall–Kier alpha value is -1.47. The Morgan fingerprint density at radius 2 is 2.10 bits per heavy atom. The molecule has 1 saturated heterocycles. The van der Waals surface area contributed by atoms with Crippen molar-refractivity contribution in [2.45, 2.75) is 25.7 Å². The van der Waals surface area contributed by atoms with Crippen LogP contribution >= 0.6 is 27.9 Å². The molecule has 0 amide bonds. The summed E-state index contributed by atoms with van der Waals surface area (Å²) >= 11 is 9.36. The molecule has 2 heterocycles. The highest BCUT2D eigenvalue weighted by atomic mass is 79.9. The lowest BCUT2D eigenvalue weighted by Gasteiger charge is -2.26. The third kappa shape index (κ3) is 5.37. The molecule has 1 aliphatic carbocycles. The average molecular weight is 479 g/mol. The van der Waals surface area contributed by atoms with Crippen LogP contribution in [-0.2, 0) is 17.6 Å². The summed E-state index contributed by atoms with van der Waals surface area (Å²) in [5.41, 5.74) is 4.10. The van der Waals surface area contributed by atoms with Gasteiger partial charge in [-0.2, -0.15) is 0 Å². The van der Waals surface area contributed by atoms with Crippen LogP contribution in [0.4, 0.5) is 0 Å². The van der Waals surface area contributed by atoms with Crippen molar-refractivity contribution in [3.05, 3.63) is 53.0 Å². The molecule has 0 N–H and O–H groups in total. The summed E-state index contributed by atoms with van der Waals surface area (Å²) in [6.45, 7) is 4.95. The molecule has 4 rings (SSSR count). The van der Waals surface area contributed by atoms with Crippen molar-refractivity contribution in [1.82, 2.24) is 14.9 Å². The molecule has 1 aromatic heterocycles. The third-order valence-corrected chi connectivity index (χ3v) is 6.14. The van der Waals surface area contributed by atoms with Gasteiger partial charge >= 0.3 is 0 Å². The monoisotopic (exact) mass is 477 g/mol. The molecule has 1 aromatic carbocycles. The van der Waals surface area contributed by atoms with E-state index in [0.717, 1.165) is 80.4 Å². The first kappa shape index (κ1) is 20.8. The van der Waals surface area contributed by atoms with Crippen LogP contribution in [0.1, 0.15) is 24.1 Å². The SMILES string of the molecule is Clc1nc2c(c(-c3cccc(OBr)c3)n1)CC=CC(CCCN1CCOCC1)C2. The number of hydrogen-bond acceptors (Lipinski definition) is 5. The second-order valence-electron chi connectivity index (χ2n) is 7.56. The number of hydrogen-bond donors (Lipinski definition) is 0. The van der Waals surface area contributed by atoms with Crippen molar-refractivity contribution in [2.75, 3.05) is 32.8 Å². The van der Waals surface area contributed by atoms with Gasteiger partial charge in [0.2, 0.25) is 5.28 Å². The second-order valence-corrected chi connectivity index (χ2v) is 8.23. The first-order chi connectivity index (χ1) is 14.2. The second kappa shape index (κ2) is 10.0. The van der Waals surface area contributed by atoms with Gasteiger partial charge in [-0.25, -0.2) is 9.97 Å². The molecule has 0 bridgehead atoms. The lowest BCUT2D eigenvalue weighted by atomic mass is 9.95. The summed E-state index contributed by atoms with van der Waals surface area (Å²) in [4.78, 5) is 11.6. The molecule has 2 aliphatic rings. The topological polar surface area (TPSA) is 47.5 Å². The van der Waals surface area contributed by atoms with Crippen LogP contribution in [0.15, 0.2) is 36.4 Å². The summed E-state index contributed by atoms with van der Waals surface area (Å²) in [6, 6.07) is 7.84. The Morgan fingerprint density at radius 3 is 2.93 bits per heavy atom. The van der Waals surface area contributed by atoms with Crippen molar-refractivity contribution >= 4 is 27.9 Å². The number of benzene rings is 1. The number of aromatic nitrogens is 2. The number of rotatable bonds is 6. The van der Waals surface area contributed by atoms with Gasteiger partial charge in [-0.05, 0) is 61.9 Å². The van der Waals surface area contributed by atoms with E-state index in [0.29, 0.717) is 11.2 Å². The molecule has 1 aliphatic heterocycles. The first-order valence-electron chi connectivity index (χ1n) is 10.1. The largest absolute Gasteiger partial charge is 0.418 e. The molecular weight excluding hydrogens is 454 g/mol. The molecule has 5 nitrogen and oxygen atoms in total. The maximum Gasteiger partial charge on any atom is 0.223 e. The Labute approximate surface area is 185 Å². The van der Waals surface area contributed by atoms with E-state index in [9.17, 15) is 0 Å². The van der Waals surface area contributed by atoms with Crippen molar-refractivity contribution in [3.8, 4) is 17.0 Å². The zero-order valence-corrected chi connectivity index (χ0v) is 18.7. The van der Waals surface area contributed by atoms with Crippen LogP contribution in [0.25, 0.3) is 11.3 Å². The maximum absolute atomic E-state index is 6.31. The molecule has 1 unspecified atom stereocenters. The Kier molecular flexibility index (Phi) is 7.19. The number of allylic oxidation sites excluding steroid dienone is 2. The van der Waals surface area contributed by atoms with Crippen molar-refractivity contribution in [2.24, 2.45) is 5.92 Å². The highest BCUT2D eigenvalue weighted by Crippen LogP contribution is 2.32. The van der Waals surface area contributed by atoms with Crippen LogP contribution < -0.4 is 3.83 Å². The van der Waals surface area contributed by atoms with E-state index >= 15 is 0 Å². The van der Waals surface area contributed by atoms with Crippen LogP contribution in [-0.4, -0.2) is 47.7 Å². The number of ether oxygens (including phenoxy) is 1. The van der Waals surface area contributed by atoms with Crippen molar-refractivity contribution in [3.63, 3.8) is 0 Å². The van der Waals surface area contributed by atoms with Crippen LogP contribution in [0.2, 0.25) is 5.28 Å². The quantitative estimate of drug-likeness (QED) is 0.438. The van der Waals surface area contributed by atoms with Gasteiger partial charge in [0.15, 0.2) is 16.3 Å². The van der Waals surface area contributed by atoms with Gasteiger partial charge in [-0.3, -0.25) is 4.90 Å². The molecule has 0 radical (unpaired) electrons. The normalized spacial score (nSPS) is 19.6. The summed E-state index contributed by atoms with van der Waals surface area (Å²) < 4.78 is 10.6. The van der Waals surface area contributed by atoms with Gasteiger partial charge in [0.1, 0.15) is 5.75 Å². The molecule has 2 aromatic rings. The third-order valence-electron chi connectivity index (χ3n) is 5.60. The lowest BCUT2D eigenvalue weighted by Crippen LogP contribution is -2.36. The summed E-state index contributed by atoms with van der Waals surface area (Å²) in [5, 5.41) is 0.304. The Morgan fingerprint density at radius 1 is 1.24 bits per heavy atom. The number of halogens is 2. The van der Waals surface area contributed by atoms with Crippen molar-refractivity contribution in [1.29, 1.82) is 0 Å². The van der Waals surface area contributed by atoms with Crippen LogP contribution in [0, 0.1) is 5.92 Å². The first-order valence-corrected chi connectivity index (χ1v) is 11.2. The van der Waals surface area contributed by atoms with E-state index in [1.165, 1.54) is 6.42 Å². The minimum absolute atomic E-state index is 0.304. The van der Waals surface area contributed by atoms with Gasteiger partial charge in [0.05, 0.1) is 24.6 Å². The van der Waals surface area contributed by atoms with E-state index in [4.69, 9.17) is 20.2 Å². The molecular formula is C22H25BrClN3O2. The molecule has 29 heavy (non-hydrogen) atoms. The summed E-state index contributed by atoms with van der Waals surface area (Å²) in [6.07, 6.45) is 8.66. The van der Waals surface area contributed by atoms with Gasteiger partial charge in [0.25, 0.3) is 0 Å². The van der Waals surface area contributed by atoms with E-state index in [1.807, 2.05) is 24.3 Å². The zero-order valence-electron chi connectivity index (χ0n) is 16.3. The standard InChI is InChI=1S/C22H25BrClN3O2/c23-29-18-7-2-6-17(15-18)21-19-8-1-4-16(14-20(19)25-22(24)26-21)5-3-9-27-10-12-28-13-11-27/h1-2,4,6-7,15-16H,3,5,8-14H2. The fraction of sp³-hybridized carbons (Fsp3) is 0.455. The molecule has 0 saturated carbocycles. The predicted octanol–water partition coefficient (Wildman–Crippen LogP) is 4.87. The van der Waals surface area contributed by atoms with Gasteiger partial charge in [-0.1, -0.05) is 24.3 Å². The molecule has 7 heteroatoms. The van der Waals surface area contributed by atoms with Crippen LogP contribution in [0.3, 0.4) is 0 Å². The molecule has 1 fully saturated rings. The smallest absolute Gasteiger partial charge is 0.223 e. The van der Waals surface area contributed by atoms with Gasteiger partial charge in [0, 0.05) is 24.2 Å². The minimum Gasteiger partial charge on any atom is -0.418 e. The maximum atomic E-state index is 6.31. The van der Waals surface area contributed by atoms with E-state index in [-0.39, 0.29) is 0 Å². The van der Waals surface area contributed by atoms with E-state index in [2.05, 4.69) is 43.3 Å². The number of nitrogens with zero attached hydrogens (tertiary/aromatic N) is 3. The van der Waals surface area contributed by atoms with Crippen LogP contribution in [0.5, 0.6) is 5.75 Å². The van der Waals surface area contributed by atoms with E-state index < -0.39 is 0 Å². The Balaban J connectivity index is 1.49. The number of morpholine rings is 1. The molecule has 0 spiro atoms. The van der Waals surface area contributed by atoms with E-state index in [1.54, 1.807) is 0 Å². The fourth-order valence-corrected chi connectivity index (χ4v) is 4.50. The fourth-order valence-electron chi connectivity index (χ4n) is 4.11. The van der Waals surface area contributed by atoms with Gasteiger partial charge in [-0.15, -0.1) is 0 Å². The predicted molar refractivity (Wildman–Crippen MR) is 119 cm³/mol. The van der Waals surface area contributed by atoms with Crippen molar-refractivity contribution < 1.29 is 8.57 Å². The lowest BCUT2D eigenvalue weighted by molar-refractivity contribution is 0.0368. The number of fused-ring (bicyclic) bond motifs is 1. The summed E-state index contributed by atoms with van der Waals surface area (Å²) in [7, 11) is 0. The minimum atomic E-state index is 0.304. The van der Waals surface area contributed by atoms with Gasteiger partial charge < -0.3 is 8.57 Å². The molecule has 154 valence electrons. The highest BCUT2D eigenvalue weighted by molar-refractivity contribution is 9.06. The Bertz CT molecular complexity index is 871. The summed E-state index contributed by atoms with van der Waals surface area (Å²) in [5.74, 6) is 1.21. The zero-order chi connectivity index (χ0) is 20.1. The highest BCUT2D eigenvalue weighted by Gasteiger charge is 2.20. The average Bonchev–Trinajstić information content (AvgIpc) is 2.96. The molecule has 1 atom stereocenters.